The summed E-state index contributed by atoms with van der Waals surface area (Å²) >= 11 is 0. The predicted molar refractivity (Wildman–Crippen MR) is 43.3 cm³/mol. The molecular weight excluding hydrogens is 154 g/mol. The van der Waals surface area contributed by atoms with E-state index in [1.165, 1.54) is 0 Å². The first kappa shape index (κ1) is 6.90. The van der Waals surface area contributed by atoms with Crippen molar-refractivity contribution in [1.82, 2.24) is 0 Å². The van der Waals surface area contributed by atoms with Crippen LogP contribution in [0.4, 0.5) is 5.69 Å². The molecule has 0 radical (unpaired) electrons. The number of hydrogen-bond acceptors (Lipinski definition) is 5. The minimum Gasteiger partial charge on any atom is -0.398 e. The predicted octanol–water partition coefficient (Wildman–Crippen LogP) is 2.10. The maximum atomic E-state index is 5.70. The smallest absolute Gasteiger partial charge is 0.212 e. The number of benzene rings is 1. The molecule has 0 unspecified atom stereocenters. The average Bonchev–Trinajstić information content (AvgIpc) is 2.57. The fourth-order valence-electron chi connectivity index (χ4n) is 1.04. The highest BCUT2D eigenvalue weighted by Gasteiger charge is 2.14. The summed E-state index contributed by atoms with van der Waals surface area (Å²) in [5.74, 6) is 0. The van der Waals surface area contributed by atoms with E-state index in [0.29, 0.717) is 5.69 Å². The molecule has 0 saturated heterocycles. The molecule has 0 aromatic heterocycles. The van der Waals surface area contributed by atoms with Crippen LogP contribution in [0.2, 0.25) is 0 Å². The Balaban J connectivity index is 2.39. The molecule has 60 valence electrons. The highest BCUT2D eigenvalue weighted by molar-refractivity contribution is 5.48. The van der Waals surface area contributed by atoms with Gasteiger partial charge in [-0.1, -0.05) is 18.2 Å². The summed E-state index contributed by atoms with van der Waals surface area (Å²) in [7, 11) is 0. The second kappa shape index (κ2) is 2.69. The van der Waals surface area contributed by atoms with E-state index in [1.807, 2.05) is 18.2 Å². The lowest BCUT2D eigenvalue weighted by molar-refractivity contribution is 0.767. The lowest BCUT2D eigenvalue weighted by Gasteiger charge is -2.03. The number of rotatable bonds is 1. The third-order valence-corrected chi connectivity index (χ3v) is 1.64. The van der Waals surface area contributed by atoms with Crippen molar-refractivity contribution in [3.05, 3.63) is 29.8 Å². The van der Waals surface area contributed by atoms with Crippen LogP contribution in [0.3, 0.4) is 0 Å². The van der Waals surface area contributed by atoms with Gasteiger partial charge in [-0.25, -0.2) is 0 Å². The van der Waals surface area contributed by atoms with E-state index in [1.54, 1.807) is 6.07 Å². The zero-order valence-corrected chi connectivity index (χ0v) is 6.25. The highest BCUT2D eigenvalue weighted by Crippen LogP contribution is 2.27. The van der Waals surface area contributed by atoms with Gasteiger partial charge in [0.1, 0.15) is 0 Å². The standard InChI is InChI=1S/C7H7N5/c8-6-4-2-1-3-5(6)7-9-11-12-10-7/h1-4,7H,8H2. The Labute approximate surface area is 69.0 Å². The zero-order valence-electron chi connectivity index (χ0n) is 6.25. The normalized spacial score (nSPS) is 15.7. The molecule has 5 heteroatoms. The Morgan fingerprint density at radius 1 is 1.08 bits per heavy atom. The lowest BCUT2D eigenvalue weighted by atomic mass is 10.1. The van der Waals surface area contributed by atoms with E-state index < -0.39 is 0 Å². The highest BCUT2D eigenvalue weighted by atomic mass is 15.6. The quantitative estimate of drug-likeness (QED) is 0.629. The van der Waals surface area contributed by atoms with Gasteiger partial charge in [-0.05, 0) is 16.5 Å². The Kier molecular flexibility index (Phi) is 1.55. The largest absolute Gasteiger partial charge is 0.398 e. The van der Waals surface area contributed by atoms with Gasteiger partial charge in [0, 0.05) is 11.3 Å². The van der Waals surface area contributed by atoms with E-state index in [4.69, 9.17) is 5.73 Å². The number of nitrogen functional groups attached to an aromatic ring is 1. The second-order valence-electron chi connectivity index (χ2n) is 2.41. The van der Waals surface area contributed by atoms with Crippen molar-refractivity contribution in [2.45, 2.75) is 6.17 Å². The van der Waals surface area contributed by atoms with Crippen LogP contribution in [0.15, 0.2) is 44.9 Å². The van der Waals surface area contributed by atoms with Gasteiger partial charge in [0.15, 0.2) is 0 Å². The van der Waals surface area contributed by atoms with Gasteiger partial charge in [0.2, 0.25) is 6.17 Å². The van der Waals surface area contributed by atoms with Crippen molar-refractivity contribution in [2.24, 2.45) is 20.7 Å². The molecule has 1 aromatic carbocycles. The molecule has 0 atom stereocenters. The van der Waals surface area contributed by atoms with Crippen molar-refractivity contribution >= 4 is 5.69 Å². The van der Waals surface area contributed by atoms with E-state index in [-0.39, 0.29) is 6.17 Å². The van der Waals surface area contributed by atoms with Gasteiger partial charge in [-0.3, -0.25) is 0 Å². The Hall–Kier alpha value is -1.78. The third kappa shape index (κ3) is 1.05. The summed E-state index contributed by atoms with van der Waals surface area (Å²) in [5.41, 5.74) is 7.22. The van der Waals surface area contributed by atoms with Crippen LogP contribution in [0.5, 0.6) is 0 Å². The molecular formula is C7H7N5. The Morgan fingerprint density at radius 2 is 1.75 bits per heavy atom. The number of nitrogens with zero attached hydrogens (tertiary/aromatic N) is 4. The molecule has 0 spiro atoms. The molecule has 1 heterocycles. The fraction of sp³-hybridized carbons (Fsp3) is 0.143. The monoisotopic (exact) mass is 161 g/mol. The van der Waals surface area contributed by atoms with Crippen LogP contribution in [0.1, 0.15) is 11.7 Å². The van der Waals surface area contributed by atoms with E-state index >= 15 is 0 Å². The van der Waals surface area contributed by atoms with E-state index in [2.05, 4.69) is 20.7 Å². The average molecular weight is 161 g/mol. The van der Waals surface area contributed by atoms with Crippen molar-refractivity contribution in [2.75, 3.05) is 5.73 Å². The maximum absolute atomic E-state index is 5.70. The van der Waals surface area contributed by atoms with Gasteiger partial charge in [0.05, 0.1) is 0 Å². The van der Waals surface area contributed by atoms with Crippen LogP contribution in [-0.2, 0) is 0 Å². The SMILES string of the molecule is Nc1ccccc1C1N=NN=N1. The maximum Gasteiger partial charge on any atom is 0.212 e. The Bertz CT molecular complexity index is 331. The molecule has 2 N–H and O–H groups in total. The number of anilines is 1. The van der Waals surface area contributed by atoms with Crippen LogP contribution < -0.4 is 5.73 Å². The van der Waals surface area contributed by atoms with Gasteiger partial charge < -0.3 is 5.73 Å². The first-order valence-corrected chi connectivity index (χ1v) is 3.52. The minimum absolute atomic E-state index is 0.341. The first-order valence-electron chi connectivity index (χ1n) is 3.52. The summed E-state index contributed by atoms with van der Waals surface area (Å²) in [6.45, 7) is 0. The van der Waals surface area contributed by atoms with Crippen LogP contribution in [0, 0.1) is 0 Å². The van der Waals surface area contributed by atoms with Crippen molar-refractivity contribution in [1.29, 1.82) is 0 Å². The topological polar surface area (TPSA) is 75.5 Å². The third-order valence-electron chi connectivity index (χ3n) is 1.64. The molecule has 12 heavy (non-hydrogen) atoms. The summed E-state index contributed by atoms with van der Waals surface area (Å²) < 4.78 is 0. The van der Waals surface area contributed by atoms with Crippen molar-refractivity contribution in [3.8, 4) is 0 Å². The first-order chi connectivity index (χ1) is 5.88. The number of nitrogens with two attached hydrogens (primary N) is 1. The number of para-hydroxylation sites is 1. The Morgan fingerprint density at radius 3 is 2.42 bits per heavy atom. The summed E-state index contributed by atoms with van der Waals surface area (Å²) in [5, 5.41) is 14.4. The fourth-order valence-corrected chi connectivity index (χ4v) is 1.04. The van der Waals surface area contributed by atoms with Crippen LogP contribution in [-0.4, -0.2) is 0 Å². The summed E-state index contributed by atoms with van der Waals surface area (Å²) in [4.78, 5) is 0. The molecule has 1 aliphatic rings. The molecule has 0 aliphatic carbocycles. The summed E-state index contributed by atoms with van der Waals surface area (Å²) in [6, 6.07) is 7.42. The molecule has 1 aromatic rings. The molecule has 0 fully saturated rings. The summed E-state index contributed by atoms with van der Waals surface area (Å²) in [6.07, 6.45) is -0.341. The minimum atomic E-state index is -0.341. The van der Waals surface area contributed by atoms with Gasteiger partial charge in [-0.15, -0.1) is 10.2 Å². The molecule has 0 saturated carbocycles. The van der Waals surface area contributed by atoms with E-state index in [0.717, 1.165) is 5.56 Å². The van der Waals surface area contributed by atoms with Gasteiger partial charge in [0.25, 0.3) is 0 Å². The number of hydrogen-bond donors (Lipinski definition) is 1. The zero-order chi connectivity index (χ0) is 8.39. The molecule has 1 aliphatic heterocycles. The van der Waals surface area contributed by atoms with Gasteiger partial charge in [-0.2, -0.15) is 0 Å². The molecule has 2 rings (SSSR count). The van der Waals surface area contributed by atoms with Crippen molar-refractivity contribution in [3.63, 3.8) is 0 Å². The van der Waals surface area contributed by atoms with Crippen molar-refractivity contribution < 1.29 is 0 Å². The molecule has 0 amide bonds. The lowest BCUT2D eigenvalue weighted by Crippen LogP contribution is -1.95. The molecule has 0 bridgehead atoms. The van der Waals surface area contributed by atoms with Crippen LogP contribution >= 0.6 is 0 Å². The van der Waals surface area contributed by atoms with E-state index in [9.17, 15) is 0 Å². The second-order valence-corrected chi connectivity index (χ2v) is 2.41. The van der Waals surface area contributed by atoms with Crippen LogP contribution in [0.25, 0.3) is 0 Å². The molecule has 5 nitrogen and oxygen atoms in total. The van der Waals surface area contributed by atoms with Gasteiger partial charge >= 0.3 is 0 Å².